The van der Waals surface area contributed by atoms with Crippen LogP contribution in [0.5, 0.6) is 0 Å². The SMILES string of the molecule is C(=C(c1ccccc1)c1ccccc1)c1cc(C=C(c2ccccc2)c2ccccc2)c2ccc3cccc4ccc1c2c43. The molecule has 0 N–H and O–H groups in total. The van der Waals surface area contributed by atoms with Crippen molar-refractivity contribution in [2.24, 2.45) is 0 Å². The van der Waals surface area contributed by atoms with E-state index in [-0.39, 0.29) is 0 Å². The zero-order chi connectivity index (χ0) is 29.3. The van der Waals surface area contributed by atoms with Crippen LogP contribution in [0.2, 0.25) is 0 Å². The van der Waals surface area contributed by atoms with Crippen LogP contribution in [0.1, 0.15) is 33.4 Å². The molecule has 8 rings (SSSR count). The summed E-state index contributed by atoms with van der Waals surface area (Å²) in [5.74, 6) is 0. The highest BCUT2D eigenvalue weighted by Crippen LogP contribution is 2.41. The molecule has 0 atom stereocenters. The third-order valence-corrected chi connectivity index (χ3v) is 8.65. The molecule has 0 heteroatoms. The minimum absolute atomic E-state index is 1.20. The first kappa shape index (κ1) is 25.9. The Balaban J connectivity index is 1.48. The fourth-order valence-electron chi connectivity index (χ4n) is 6.57. The van der Waals surface area contributed by atoms with E-state index in [4.69, 9.17) is 0 Å². The Morgan fingerprint density at radius 2 is 0.682 bits per heavy atom. The zero-order valence-corrected chi connectivity index (χ0v) is 24.3. The van der Waals surface area contributed by atoms with Gasteiger partial charge in [-0.05, 0) is 95.1 Å². The molecule has 0 radical (unpaired) electrons. The Morgan fingerprint density at radius 3 is 1.05 bits per heavy atom. The van der Waals surface area contributed by atoms with Gasteiger partial charge in [0, 0.05) is 0 Å². The topological polar surface area (TPSA) is 0 Å². The van der Waals surface area contributed by atoms with E-state index in [1.165, 1.54) is 76.8 Å². The molecule has 0 aliphatic rings. The van der Waals surface area contributed by atoms with E-state index in [0.717, 1.165) is 0 Å². The van der Waals surface area contributed by atoms with Gasteiger partial charge in [-0.3, -0.25) is 0 Å². The van der Waals surface area contributed by atoms with E-state index >= 15 is 0 Å². The van der Waals surface area contributed by atoms with Crippen molar-refractivity contribution in [1.29, 1.82) is 0 Å². The molecule has 44 heavy (non-hydrogen) atoms. The minimum atomic E-state index is 1.20. The Labute approximate surface area is 258 Å². The van der Waals surface area contributed by atoms with Crippen LogP contribution in [0.4, 0.5) is 0 Å². The second-order valence-corrected chi connectivity index (χ2v) is 11.3. The summed E-state index contributed by atoms with van der Waals surface area (Å²) in [6.45, 7) is 0. The monoisotopic (exact) mass is 558 g/mol. The van der Waals surface area contributed by atoms with Crippen molar-refractivity contribution in [3.8, 4) is 0 Å². The zero-order valence-electron chi connectivity index (χ0n) is 24.3. The van der Waals surface area contributed by atoms with Crippen LogP contribution in [0.25, 0.3) is 55.6 Å². The van der Waals surface area contributed by atoms with Gasteiger partial charge >= 0.3 is 0 Å². The minimum Gasteiger partial charge on any atom is -0.0622 e. The normalized spacial score (nSPS) is 11.2. The maximum absolute atomic E-state index is 2.39. The molecular weight excluding hydrogens is 528 g/mol. The van der Waals surface area contributed by atoms with Crippen LogP contribution in [-0.4, -0.2) is 0 Å². The lowest BCUT2D eigenvalue weighted by Crippen LogP contribution is -1.93. The third-order valence-electron chi connectivity index (χ3n) is 8.65. The molecule has 8 aromatic carbocycles. The highest BCUT2D eigenvalue weighted by atomic mass is 14.2. The molecule has 0 heterocycles. The summed E-state index contributed by atoms with van der Waals surface area (Å²) in [6, 6.07) is 61.2. The molecule has 0 aliphatic carbocycles. The maximum atomic E-state index is 2.39. The van der Waals surface area contributed by atoms with Gasteiger partial charge in [0.05, 0.1) is 0 Å². The molecule has 0 unspecified atom stereocenters. The summed E-state index contributed by atoms with van der Waals surface area (Å²) >= 11 is 0. The summed E-state index contributed by atoms with van der Waals surface area (Å²) in [5.41, 5.74) is 9.67. The molecule has 0 saturated heterocycles. The van der Waals surface area contributed by atoms with Gasteiger partial charge in [-0.25, -0.2) is 0 Å². The number of rotatable bonds is 6. The lowest BCUT2D eigenvalue weighted by molar-refractivity contribution is 1.55. The second kappa shape index (κ2) is 11.2. The second-order valence-electron chi connectivity index (χ2n) is 11.3. The molecule has 0 nitrogen and oxygen atoms in total. The van der Waals surface area contributed by atoms with Crippen LogP contribution in [-0.2, 0) is 0 Å². The first-order valence-corrected chi connectivity index (χ1v) is 15.2. The van der Waals surface area contributed by atoms with Crippen molar-refractivity contribution in [2.45, 2.75) is 0 Å². The van der Waals surface area contributed by atoms with Crippen molar-refractivity contribution in [2.75, 3.05) is 0 Å². The molecule has 206 valence electrons. The van der Waals surface area contributed by atoms with Crippen LogP contribution in [0, 0.1) is 0 Å². The van der Waals surface area contributed by atoms with Gasteiger partial charge in [0.1, 0.15) is 0 Å². The number of hydrogen-bond donors (Lipinski definition) is 0. The third kappa shape index (κ3) is 4.68. The Kier molecular flexibility index (Phi) is 6.59. The maximum Gasteiger partial charge on any atom is -0.00148 e. The highest BCUT2D eigenvalue weighted by Gasteiger charge is 2.16. The fraction of sp³-hybridized carbons (Fsp3) is 0. The van der Waals surface area contributed by atoms with E-state index in [2.05, 4.69) is 182 Å². The molecule has 0 aromatic heterocycles. The summed E-state index contributed by atoms with van der Waals surface area (Å²) in [6.07, 6.45) is 4.77. The van der Waals surface area contributed by atoms with E-state index in [1.807, 2.05) is 0 Å². The van der Waals surface area contributed by atoms with Gasteiger partial charge in [0.25, 0.3) is 0 Å². The van der Waals surface area contributed by atoms with Crippen LogP contribution in [0.15, 0.2) is 170 Å². The molecule has 0 fully saturated rings. The molecule has 0 bridgehead atoms. The van der Waals surface area contributed by atoms with E-state index in [9.17, 15) is 0 Å². The molecule has 0 aliphatic heterocycles. The van der Waals surface area contributed by atoms with Crippen molar-refractivity contribution >= 4 is 55.6 Å². The number of hydrogen-bond acceptors (Lipinski definition) is 0. The van der Waals surface area contributed by atoms with E-state index < -0.39 is 0 Å². The van der Waals surface area contributed by atoms with Crippen LogP contribution >= 0.6 is 0 Å². The summed E-state index contributed by atoms with van der Waals surface area (Å²) in [7, 11) is 0. The van der Waals surface area contributed by atoms with E-state index in [0.29, 0.717) is 0 Å². The molecular formula is C44H30. The Hall–Kier alpha value is -5.72. The van der Waals surface area contributed by atoms with Crippen molar-refractivity contribution in [3.63, 3.8) is 0 Å². The first-order chi connectivity index (χ1) is 21.8. The number of benzene rings is 8. The van der Waals surface area contributed by atoms with Crippen molar-refractivity contribution in [3.05, 3.63) is 203 Å². The summed E-state index contributed by atoms with van der Waals surface area (Å²) in [4.78, 5) is 0. The Morgan fingerprint density at radius 1 is 0.318 bits per heavy atom. The van der Waals surface area contributed by atoms with Crippen molar-refractivity contribution in [1.82, 2.24) is 0 Å². The van der Waals surface area contributed by atoms with Gasteiger partial charge < -0.3 is 0 Å². The standard InChI is InChI=1S/C44H30/c1-5-14-31(15-6-1)41(32-16-7-2-8-17-32)29-37-28-38(30-42(33-18-9-3-10-19-33)34-20-11-4-12-21-34)40-27-25-36-23-13-22-35-24-26-39(37)44(40)43(35)36/h1-30H. The van der Waals surface area contributed by atoms with Gasteiger partial charge in [-0.15, -0.1) is 0 Å². The largest absolute Gasteiger partial charge is 0.0622 e. The molecule has 8 aromatic rings. The molecule has 0 spiro atoms. The predicted molar refractivity (Wildman–Crippen MR) is 190 cm³/mol. The Bertz CT molecular complexity index is 2030. The smallest absolute Gasteiger partial charge is 0.00148 e. The van der Waals surface area contributed by atoms with Crippen LogP contribution < -0.4 is 0 Å². The summed E-state index contributed by atoms with van der Waals surface area (Å²) in [5, 5.41) is 7.73. The lowest BCUT2D eigenvalue weighted by atomic mass is 9.86. The molecule has 0 saturated carbocycles. The first-order valence-electron chi connectivity index (χ1n) is 15.2. The predicted octanol–water partition coefficient (Wildman–Crippen LogP) is 11.8. The van der Waals surface area contributed by atoms with Gasteiger partial charge in [-0.1, -0.05) is 164 Å². The summed E-state index contributed by atoms with van der Waals surface area (Å²) < 4.78 is 0. The average molecular weight is 559 g/mol. The quantitative estimate of drug-likeness (QED) is 0.141. The highest BCUT2D eigenvalue weighted by molar-refractivity contribution is 6.26. The molecule has 0 amide bonds. The fourth-order valence-corrected chi connectivity index (χ4v) is 6.57. The van der Waals surface area contributed by atoms with Crippen LogP contribution in [0.3, 0.4) is 0 Å². The van der Waals surface area contributed by atoms with E-state index in [1.54, 1.807) is 0 Å². The van der Waals surface area contributed by atoms with Gasteiger partial charge in [0.15, 0.2) is 0 Å². The average Bonchev–Trinajstić information content (AvgIpc) is 3.10. The van der Waals surface area contributed by atoms with Gasteiger partial charge in [-0.2, -0.15) is 0 Å². The van der Waals surface area contributed by atoms with Crippen molar-refractivity contribution < 1.29 is 0 Å². The lowest BCUT2D eigenvalue weighted by Gasteiger charge is -2.17. The van der Waals surface area contributed by atoms with Gasteiger partial charge in [0.2, 0.25) is 0 Å².